The van der Waals surface area contributed by atoms with Gasteiger partial charge in [-0.15, -0.1) is 0 Å². The highest BCUT2D eigenvalue weighted by Crippen LogP contribution is 2.51. The highest BCUT2D eigenvalue weighted by atomic mass is 32.2. The Morgan fingerprint density at radius 3 is 1.73 bits per heavy atom. The minimum Gasteiger partial charge on any atom is -0.253 e. The molecule has 0 unspecified atom stereocenters. The van der Waals surface area contributed by atoms with Crippen LogP contribution in [0.2, 0.25) is 0 Å². The SMILES string of the molecule is N=C=S1c2ccccc2-c2ccccc21. The average Bonchev–Trinajstić information content (AvgIpc) is 2.63. The lowest BCUT2D eigenvalue weighted by molar-refractivity contribution is 1.45. The summed E-state index contributed by atoms with van der Waals surface area (Å²) in [5.74, 6) is 0. The first-order chi connectivity index (χ1) is 7.42. The van der Waals surface area contributed by atoms with Crippen molar-refractivity contribution in [1.29, 1.82) is 5.41 Å². The van der Waals surface area contributed by atoms with Crippen LogP contribution in [-0.4, -0.2) is 5.16 Å². The summed E-state index contributed by atoms with van der Waals surface area (Å²) in [5.41, 5.74) is 2.52. The number of hydrogen-bond acceptors (Lipinski definition) is 1. The summed E-state index contributed by atoms with van der Waals surface area (Å²) < 4.78 is 0. The molecule has 72 valence electrons. The van der Waals surface area contributed by atoms with Crippen molar-refractivity contribution in [3.05, 3.63) is 48.5 Å². The zero-order valence-corrected chi connectivity index (χ0v) is 8.84. The molecule has 0 fully saturated rings. The molecule has 1 nitrogen and oxygen atoms in total. The molecule has 0 aliphatic carbocycles. The Kier molecular flexibility index (Phi) is 1.84. The van der Waals surface area contributed by atoms with Crippen molar-refractivity contribution in [2.45, 2.75) is 9.79 Å². The van der Waals surface area contributed by atoms with Crippen LogP contribution in [0.4, 0.5) is 0 Å². The van der Waals surface area contributed by atoms with Gasteiger partial charge in [-0.25, -0.2) is 0 Å². The van der Waals surface area contributed by atoms with Gasteiger partial charge in [-0.2, -0.15) is 0 Å². The van der Waals surface area contributed by atoms with E-state index in [9.17, 15) is 0 Å². The third-order valence-corrected chi connectivity index (χ3v) is 4.40. The van der Waals surface area contributed by atoms with Gasteiger partial charge in [0.15, 0.2) is 0 Å². The van der Waals surface area contributed by atoms with Crippen LogP contribution in [0, 0.1) is 5.41 Å². The van der Waals surface area contributed by atoms with Gasteiger partial charge < -0.3 is 0 Å². The Balaban J connectivity index is 2.47. The zero-order chi connectivity index (χ0) is 10.3. The maximum absolute atomic E-state index is 7.42. The smallest absolute Gasteiger partial charge is 0.0230 e. The molecule has 0 saturated carbocycles. The van der Waals surface area contributed by atoms with E-state index in [0.29, 0.717) is 0 Å². The molecule has 3 rings (SSSR count). The van der Waals surface area contributed by atoms with E-state index in [1.165, 1.54) is 20.9 Å². The second kappa shape index (κ2) is 3.20. The fourth-order valence-corrected chi connectivity index (χ4v) is 3.64. The zero-order valence-electron chi connectivity index (χ0n) is 8.03. The standard InChI is InChI=1S/C13H9NS/c14-9-15-12-7-3-1-5-10(12)11-6-2-4-8-13(11)15/h1-8,14H. The lowest BCUT2D eigenvalue weighted by Gasteiger charge is -1.97. The van der Waals surface area contributed by atoms with Gasteiger partial charge in [0.1, 0.15) is 0 Å². The Bertz CT molecular complexity index is 547. The molecule has 2 aromatic rings. The molecule has 1 heterocycles. The normalized spacial score (nSPS) is 13.1. The van der Waals surface area contributed by atoms with E-state index in [1.54, 1.807) is 0 Å². The molecule has 0 aromatic heterocycles. The Morgan fingerprint density at radius 2 is 1.27 bits per heavy atom. The van der Waals surface area contributed by atoms with Crippen LogP contribution < -0.4 is 0 Å². The van der Waals surface area contributed by atoms with Crippen LogP contribution in [0.3, 0.4) is 0 Å². The third-order valence-electron chi connectivity index (χ3n) is 2.61. The molecule has 0 spiro atoms. The first-order valence-electron chi connectivity index (χ1n) is 4.77. The number of hydrogen-bond donors (Lipinski definition) is 1. The van der Waals surface area contributed by atoms with Crippen LogP contribution in [-0.2, 0) is 0 Å². The van der Waals surface area contributed by atoms with Crippen LogP contribution in [0.1, 0.15) is 0 Å². The summed E-state index contributed by atoms with van der Waals surface area (Å²) >= 11 is 0. The molecule has 0 amide bonds. The fourth-order valence-electron chi connectivity index (χ4n) is 1.96. The van der Waals surface area contributed by atoms with E-state index in [1.807, 2.05) is 24.3 Å². The topological polar surface area (TPSA) is 23.9 Å². The van der Waals surface area contributed by atoms with Gasteiger partial charge in [0.2, 0.25) is 0 Å². The maximum atomic E-state index is 7.42. The molecule has 1 aliphatic heterocycles. The van der Waals surface area contributed by atoms with Crippen molar-refractivity contribution in [3.8, 4) is 11.1 Å². The van der Waals surface area contributed by atoms with E-state index < -0.39 is 0 Å². The quantitative estimate of drug-likeness (QED) is 0.431. The minimum atomic E-state index is -0.267. The van der Waals surface area contributed by atoms with Crippen molar-refractivity contribution in [1.82, 2.24) is 0 Å². The van der Waals surface area contributed by atoms with Gasteiger partial charge in [0.05, 0.1) is 0 Å². The lowest BCUT2D eigenvalue weighted by Crippen LogP contribution is -1.73. The number of fused-ring (bicyclic) bond motifs is 3. The predicted octanol–water partition coefficient (Wildman–Crippen LogP) is 3.84. The van der Waals surface area contributed by atoms with Gasteiger partial charge in [0.25, 0.3) is 0 Å². The third kappa shape index (κ3) is 1.13. The molecular weight excluding hydrogens is 202 g/mol. The molecule has 0 saturated heterocycles. The Labute approximate surface area is 90.8 Å². The van der Waals surface area contributed by atoms with Crippen LogP contribution in [0.15, 0.2) is 58.3 Å². The minimum absolute atomic E-state index is 0.267. The van der Waals surface area contributed by atoms with Crippen LogP contribution >= 0.6 is 10.5 Å². The summed E-state index contributed by atoms with van der Waals surface area (Å²) in [6.07, 6.45) is 0. The van der Waals surface area contributed by atoms with Gasteiger partial charge in [0, 0.05) is 15.0 Å². The highest BCUT2D eigenvalue weighted by molar-refractivity contribution is 8.15. The molecule has 15 heavy (non-hydrogen) atoms. The number of nitrogens with one attached hydrogen (secondary N) is 1. The molecule has 0 atom stereocenters. The monoisotopic (exact) mass is 211 g/mol. The van der Waals surface area contributed by atoms with E-state index >= 15 is 0 Å². The summed E-state index contributed by atoms with van der Waals surface area (Å²) in [6.45, 7) is 0. The fraction of sp³-hybridized carbons (Fsp3) is 0. The van der Waals surface area contributed by atoms with E-state index in [4.69, 9.17) is 5.41 Å². The summed E-state index contributed by atoms with van der Waals surface area (Å²) in [4.78, 5) is 2.46. The molecular formula is C13H9NS. The van der Waals surface area contributed by atoms with E-state index in [-0.39, 0.29) is 10.5 Å². The maximum Gasteiger partial charge on any atom is 0.0230 e. The Morgan fingerprint density at radius 1 is 0.800 bits per heavy atom. The number of rotatable bonds is 0. The van der Waals surface area contributed by atoms with Gasteiger partial charge in [-0.05, 0) is 23.3 Å². The van der Waals surface area contributed by atoms with Gasteiger partial charge in [-0.1, -0.05) is 46.9 Å². The first-order valence-corrected chi connectivity index (χ1v) is 5.99. The largest absolute Gasteiger partial charge is 0.253 e. The van der Waals surface area contributed by atoms with Crippen molar-refractivity contribution < 1.29 is 0 Å². The summed E-state index contributed by atoms with van der Waals surface area (Å²) in [6, 6.07) is 16.6. The molecule has 1 aliphatic rings. The first kappa shape index (κ1) is 8.66. The average molecular weight is 211 g/mol. The van der Waals surface area contributed by atoms with Crippen LogP contribution in [0.25, 0.3) is 11.1 Å². The molecule has 0 bridgehead atoms. The predicted molar refractivity (Wildman–Crippen MR) is 63.7 cm³/mol. The lowest BCUT2D eigenvalue weighted by atomic mass is 10.1. The van der Waals surface area contributed by atoms with Crippen LogP contribution in [0.5, 0.6) is 0 Å². The van der Waals surface area contributed by atoms with Crippen molar-refractivity contribution in [2.24, 2.45) is 0 Å². The molecule has 0 radical (unpaired) electrons. The molecule has 1 N–H and O–H groups in total. The van der Waals surface area contributed by atoms with Crippen molar-refractivity contribution >= 4 is 15.6 Å². The van der Waals surface area contributed by atoms with E-state index in [2.05, 4.69) is 29.4 Å². The second-order valence-corrected chi connectivity index (χ2v) is 5.10. The summed E-state index contributed by atoms with van der Waals surface area (Å²) in [7, 11) is -0.267. The van der Waals surface area contributed by atoms with Crippen molar-refractivity contribution in [3.63, 3.8) is 0 Å². The summed E-state index contributed by atoms with van der Waals surface area (Å²) in [5, 5.41) is 10.1. The van der Waals surface area contributed by atoms with Gasteiger partial charge >= 0.3 is 0 Å². The van der Waals surface area contributed by atoms with Crippen molar-refractivity contribution in [2.75, 3.05) is 0 Å². The highest BCUT2D eigenvalue weighted by Gasteiger charge is 2.21. The van der Waals surface area contributed by atoms with Gasteiger partial charge in [-0.3, -0.25) is 5.41 Å². The number of benzene rings is 2. The second-order valence-electron chi connectivity index (χ2n) is 3.40. The Hall–Kier alpha value is -1.63. The van der Waals surface area contributed by atoms with E-state index in [0.717, 1.165) is 0 Å². The molecule has 2 aromatic carbocycles. The molecule has 2 heteroatoms. The number of isothiocyanates is 1.